The van der Waals surface area contributed by atoms with Crippen LogP contribution in [0.5, 0.6) is 0 Å². The average Bonchev–Trinajstić information content (AvgIpc) is 2.77. The van der Waals surface area contributed by atoms with Crippen LogP contribution in [0.2, 0.25) is 0 Å². The van der Waals surface area contributed by atoms with Gasteiger partial charge in [0.15, 0.2) is 0 Å². The van der Waals surface area contributed by atoms with Gasteiger partial charge in [-0.1, -0.05) is 34.6 Å². The first-order valence-electron chi connectivity index (χ1n) is 7.93. The van der Waals surface area contributed by atoms with E-state index in [2.05, 4.69) is 49.1 Å². The number of hydrogen-bond donors (Lipinski definition) is 1. The van der Waals surface area contributed by atoms with Gasteiger partial charge in [-0.05, 0) is 18.3 Å². The minimum Gasteiger partial charge on any atom is -0.333 e. The minimum absolute atomic E-state index is 0.272. The van der Waals surface area contributed by atoms with E-state index < -0.39 is 0 Å². The number of hydrogen-bond acceptors (Lipinski definition) is 3. The fraction of sp³-hybridized carbons (Fsp3) is 0.812. The van der Waals surface area contributed by atoms with Crippen molar-refractivity contribution in [3.8, 4) is 0 Å². The molecule has 0 aliphatic rings. The molecule has 2 N–H and O–H groups in total. The van der Waals surface area contributed by atoms with Gasteiger partial charge >= 0.3 is 0 Å². The summed E-state index contributed by atoms with van der Waals surface area (Å²) < 4.78 is 2.26. The van der Waals surface area contributed by atoms with E-state index in [1.54, 1.807) is 0 Å². The zero-order valence-electron chi connectivity index (χ0n) is 13.8. The van der Waals surface area contributed by atoms with Crippen LogP contribution in [-0.4, -0.2) is 34.1 Å². The van der Waals surface area contributed by atoms with E-state index in [9.17, 15) is 0 Å². The Morgan fingerprint density at radius 1 is 1.20 bits per heavy atom. The van der Waals surface area contributed by atoms with Gasteiger partial charge < -0.3 is 10.3 Å². The largest absolute Gasteiger partial charge is 0.333 e. The van der Waals surface area contributed by atoms with Crippen LogP contribution in [0.4, 0.5) is 0 Å². The molecule has 1 aromatic heterocycles. The Bertz CT molecular complexity index is 360. The van der Waals surface area contributed by atoms with Crippen molar-refractivity contribution in [1.29, 1.82) is 0 Å². The second-order valence-electron chi connectivity index (χ2n) is 6.50. The topological polar surface area (TPSA) is 47.1 Å². The van der Waals surface area contributed by atoms with Gasteiger partial charge in [-0.15, -0.1) is 0 Å². The van der Waals surface area contributed by atoms with Crippen LogP contribution in [-0.2, 0) is 6.54 Å². The molecule has 1 heterocycles. The van der Waals surface area contributed by atoms with E-state index >= 15 is 0 Å². The van der Waals surface area contributed by atoms with Gasteiger partial charge in [0, 0.05) is 32.4 Å². The average molecular weight is 280 g/mol. The Morgan fingerprint density at radius 2 is 1.80 bits per heavy atom. The molecule has 0 aliphatic carbocycles. The van der Waals surface area contributed by atoms with Crippen molar-refractivity contribution in [2.45, 2.75) is 53.6 Å². The van der Waals surface area contributed by atoms with Crippen LogP contribution < -0.4 is 5.73 Å². The smallest absolute Gasteiger partial charge is 0.0948 e. The molecule has 116 valence electrons. The maximum atomic E-state index is 6.10. The Kier molecular flexibility index (Phi) is 7.24. The van der Waals surface area contributed by atoms with Gasteiger partial charge in [0.1, 0.15) is 0 Å². The van der Waals surface area contributed by atoms with Crippen LogP contribution in [0.3, 0.4) is 0 Å². The Labute approximate surface area is 124 Å². The fourth-order valence-electron chi connectivity index (χ4n) is 2.76. The molecule has 0 aliphatic heterocycles. The molecule has 0 radical (unpaired) electrons. The summed E-state index contributed by atoms with van der Waals surface area (Å²) in [6.45, 7) is 15.1. The van der Waals surface area contributed by atoms with Gasteiger partial charge in [0.25, 0.3) is 0 Å². The van der Waals surface area contributed by atoms with Crippen molar-refractivity contribution in [3.63, 3.8) is 0 Å². The molecule has 0 bridgehead atoms. The lowest BCUT2D eigenvalue weighted by Gasteiger charge is -2.34. The SMILES string of the molecule is CCCn1cncc1C(CN)N(CC(C)C)CC(C)C. The first-order chi connectivity index (χ1) is 9.49. The third kappa shape index (κ3) is 4.91. The summed E-state index contributed by atoms with van der Waals surface area (Å²) in [5.74, 6) is 1.29. The molecular weight excluding hydrogens is 248 g/mol. The number of rotatable bonds is 9. The molecule has 0 saturated heterocycles. The number of imidazole rings is 1. The number of aryl methyl sites for hydroxylation is 1. The van der Waals surface area contributed by atoms with Gasteiger partial charge in [-0.25, -0.2) is 4.98 Å². The van der Waals surface area contributed by atoms with E-state index in [1.807, 2.05) is 12.5 Å². The molecule has 0 aromatic carbocycles. The van der Waals surface area contributed by atoms with Crippen molar-refractivity contribution in [1.82, 2.24) is 14.5 Å². The third-order valence-corrected chi connectivity index (χ3v) is 3.41. The second-order valence-corrected chi connectivity index (χ2v) is 6.50. The van der Waals surface area contributed by atoms with E-state index in [4.69, 9.17) is 5.73 Å². The monoisotopic (exact) mass is 280 g/mol. The van der Waals surface area contributed by atoms with Crippen molar-refractivity contribution in [3.05, 3.63) is 18.2 Å². The quantitative estimate of drug-likeness (QED) is 0.756. The van der Waals surface area contributed by atoms with Gasteiger partial charge in [0.05, 0.1) is 18.1 Å². The summed E-state index contributed by atoms with van der Waals surface area (Å²) in [5, 5.41) is 0. The maximum absolute atomic E-state index is 6.10. The van der Waals surface area contributed by atoms with Crippen molar-refractivity contribution < 1.29 is 0 Å². The highest BCUT2D eigenvalue weighted by Gasteiger charge is 2.23. The number of nitrogens with two attached hydrogens (primary N) is 1. The highest BCUT2D eigenvalue weighted by Crippen LogP contribution is 2.22. The molecule has 0 saturated carbocycles. The molecule has 0 amide bonds. The van der Waals surface area contributed by atoms with Gasteiger partial charge in [-0.3, -0.25) is 4.90 Å². The molecule has 1 unspecified atom stereocenters. The lowest BCUT2D eigenvalue weighted by molar-refractivity contribution is 0.154. The van der Waals surface area contributed by atoms with Gasteiger partial charge in [0.2, 0.25) is 0 Å². The molecule has 1 rings (SSSR count). The maximum Gasteiger partial charge on any atom is 0.0948 e. The van der Waals surface area contributed by atoms with Crippen LogP contribution >= 0.6 is 0 Å². The zero-order valence-corrected chi connectivity index (χ0v) is 13.8. The van der Waals surface area contributed by atoms with Crippen LogP contribution in [0.1, 0.15) is 52.8 Å². The summed E-state index contributed by atoms with van der Waals surface area (Å²) in [6.07, 6.45) is 5.04. The normalized spacial score (nSPS) is 13.7. The summed E-state index contributed by atoms with van der Waals surface area (Å²) in [4.78, 5) is 6.86. The highest BCUT2D eigenvalue weighted by atomic mass is 15.2. The molecule has 1 aromatic rings. The van der Waals surface area contributed by atoms with E-state index in [0.29, 0.717) is 18.4 Å². The van der Waals surface area contributed by atoms with E-state index in [-0.39, 0.29) is 6.04 Å². The van der Waals surface area contributed by atoms with Crippen molar-refractivity contribution in [2.75, 3.05) is 19.6 Å². The number of aromatic nitrogens is 2. The van der Waals surface area contributed by atoms with Crippen LogP contribution in [0.25, 0.3) is 0 Å². The first-order valence-corrected chi connectivity index (χ1v) is 7.93. The molecule has 0 fully saturated rings. The van der Waals surface area contributed by atoms with Crippen molar-refractivity contribution in [2.24, 2.45) is 17.6 Å². The fourth-order valence-corrected chi connectivity index (χ4v) is 2.76. The summed E-state index contributed by atoms with van der Waals surface area (Å²) in [5.41, 5.74) is 7.36. The molecule has 0 spiro atoms. The Balaban J connectivity index is 2.95. The minimum atomic E-state index is 0.272. The lowest BCUT2D eigenvalue weighted by atomic mass is 10.1. The third-order valence-electron chi connectivity index (χ3n) is 3.41. The Morgan fingerprint density at radius 3 is 2.25 bits per heavy atom. The van der Waals surface area contributed by atoms with Crippen molar-refractivity contribution >= 4 is 0 Å². The Hall–Kier alpha value is -0.870. The first kappa shape index (κ1) is 17.2. The van der Waals surface area contributed by atoms with Gasteiger partial charge in [-0.2, -0.15) is 0 Å². The summed E-state index contributed by atoms with van der Waals surface area (Å²) in [6, 6.07) is 0.272. The van der Waals surface area contributed by atoms with Crippen LogP contribution in [0, 0.1) is 11.8 Å². The standard InChI is InChI=1S/C16H32N4/c1-6-7-19-12-18-9-16(19)15(8-17)20(10-13(2)3)11-14(4)5/h9,12-15H,6-8,10-11,17H2,1-5H3. The zero-order chi connectivity index (χ0) is 15.1. The van der Waals surface area contributed by atoms with Crippen LogP contribution in [0.15, 0.2) is 12.5 Å². The second kappa shape index (κ2) is 8.42. The molecule has 1 atom stereocenters. The van der Waals surface area contributed by atoms with E-state index in [0.717, 1.165) is 26.1 Å². The highest BCUT2D eigenvalue weighted by molar-refractivity contribution is 5.07. The molecular formula is C16H32N4. The summed E-state index contributed by atoms with van der Waals surface area (Å²) in [7, 11) is 0. The summed E-state index contributed by atoms with van der Waals surface area (Å²) >= 11 is 0. The molecule has 20 heavy (non-hydrogen) atoms. The predicted octanol–water partition coefficient (Wildman–Crippen LogP) is 2.91. The molecule has 4 nitrogen and oxygen atoms in total. The lowest BCUT2D eigenvalue weighted by Crippen LogP contribution is -2.39. The number of nitrogens with zero attached hydrogens (tertiary/aromatic N) is 3. The predicted molar refractivity (Wildman–Crippen MR) is 85.6 cm³/mol. The molecule has 4 heteroatoms. The van der Waals surface area contributed by atoms with E-state index in [1.165, 1.54) is 5.69 Å².